The Labute approximate surface area is 136 Å². The average Bonchev–Trinajstić information content (AvgIpc) is 3.39. The highest BCUT2D eigenvalue weighted by Gasteiger charge is 2.51. The van der Waals surface area contributed by atoms with Gasteiger partial charge in [-0.05, 0) is 43.4 Å². The molecular weight excluding hydrogens is 292 g/mol. The van der Waals surface area contributed by atoms with Crippen molar-refractivity contribution in [1.82, 2.24) is 10.6 Å². The number of ether oxygens (including phenoxy) is 1. The number of methoxy groups -OCH3 is 1. The van der Waals surface area contributed by atoms with E-state index in [9.17, 15) is 9.59 Å². The van der Waals surface area contributed by atoms with Crippen LogP contribution in [0.3, 0.4) is 0 Å². The Morgan fingerprint density at radius 1 is 1.30 bits per heavy atom. The van der Waals surface area contributed by atoms with E-state index in [1.54, 1.807) is 7.11 Å². The summed E-state index contributed by atoms with van der Waals surface area (Å²) in [5.74, 6) is 0.963. The van der Waals surface area contributed by atoms with Crippen molar-refractivity contribution >= 4 is 11.8 Å². The van der Waals surface area contributed by atoms with Crippen LogP contribution in [-0.4, -0.2) is 31.5 Å². The molecule has 1 aromatic carbocycles. The van der Waals surface area contributed by atoms with Crippen molar-refractivity contribution in [3.8, 4) is 5.75 Å². The third-order valence-corrected chi connectivity index (χ3v) is 4.91. The van der Waals surface area contributed by atoms with Gasteiger partial charge in [0.2, 0.25) is 11.8 Å². The quantitative estimate of drug-likeness (QED) is 0.872. The zero-order valence-corrected chi connectivity index (χ0v) is 13.6. The lowest BCUT2D eigenvalue weighted by Gasteiger charge is -2.20. The molecule has 0 bridgehead atoms. The van der Waals surface area contributed by atoms with E-state index in [1.807, 2.05) is 24.3 Å². The van der Waals surface area contributed by atoms with E-state index in [0.29, 0.717) is 13.0 Å². The highest BCUT2D eigenvalue weighted by molar-refractivity contribution is 5.91. The molecule has 23 heavy (non-hydrogen) atoms. The molecule has 5 nitrogen and oxygen atoms in total. The molecule has 1 saturated heterocycles. The number of hydrogen-bond donors (Lipinski definition) is 2. The van der Waals surface area contributed by atoms with Crippen molar-refractivity contribution in [1.29, 1.82) is 0 Å². The first-order valence-corrected chi connectivity index (χ1v) is 8.36. The monoisotopic (exact) mass is 316 g/mol. The summed E-state index contributed by atoms with van der Waals surface area (Å²) >= 11 is 0. The number of carbonyl (C=O) groups excluding carboxylic acids is 2. The Balaban J connectivity index is 1.59. The molecule has 1 saturated carbocycles. The smallest absolute Gasteiger partial charge is 0.230 e. The molecule has 2 amide bonds. The van der Waals surface area contributed by atoms with E-state index in [1.165, 1.54) is 0 Å². The standard InChI is InChI=1S/C18H24N2O3/c1-23-15-8-6-13(7-9-15)18(10-11-18)17(22)19-12-14-4-2-3-5-16(21)20-14/h6-9,14H,2-5,10-12H2,1H3,(H,19,22)(H,20,21). The summed E-state index contributed by atoms with van der Waals surface area (Å²) in [7, 11) is 1.63. The number of amides is 2. The van der Waals surface area contributed by atoms with Crippen LogP contribution < -0.4 is 15.4 Å². The van der Waals surface area contributed by atoms with Crippen LogP contribution in [0.4, 0.5) is 0 Å². The highest BCUT2D eigenvalue weighted by atomic mass is 16.5. The normalized spacial score (nSPS) is 22.7. The van der Waals surface area contributed by atoms with Gasteiger partial charge in [-0.15, -0.1) is 0 Å². The molecule has 124 valence electrons. The summed E-state index contributed by atoms with van der Waals surface area (Å²) in [5, 5.41) is 6.04. The maximum Gasteiger partial charge on any atom is 0.230 e. The fourth-order valence-electron chi connectivity index (χ4n) is 3.27. The Morgan fingerprint density at radius 2 is 2.04 bits per heavy atom. The summed E-state index contributed by atoms with van der Waals surface area (Å²) in [4.78, 5) is 24.2. The lowest BCUT2D eigenvalue weighted by Crippen LogP contribution is -2.45. The molecule has 0 radical (unpaired) electrons. The van der Waals surface area contributed by atoms with E-state index >= 15 is 0 Å². The fraction of sp³-hybridized carbons (Fsp3) is 0.556. The zero-order valence-electron chi connectivity index (χ0n) is 13.6. The minimum atomic E-state index is -0.388. The Hall–Kier alpha value is -2.04. The van der Waals surface area contributed by atoms with Crippen molar-refractivity contribution in [2.24, 2.45) is 0 Å². The average molecular weight is 316 g/mol. The first-order chi connectivity index (χ1) is 11.1. The van der Waals surface area contributed by atoms with Crippen LogP contribution in [0.2, 0.25) is 0 Å². The molecule has 2 N–H and O–H groups in total. The second kappa shape index (κ2) is 6.60. The summed E-state index contributed by atoms with van der Waals surface area (Å²) in [5.41, 5.74) is 0.654. The predicted molar refractivity (Wildman–Crippen MR) is 87.3 cm³/mol. The van der Waals surface area contributed by atoms with Crippen molar-refractivity contribution in [2.75, 3.05) is 13.7 Å². The molecule has 5 heteroatoms. The third kappa shape index (κ3) is 3.49. The van der Waals surface area contributed by atoms with Gasteiger partial charge in [-0.3, -0.25) is 9.59 Å². The molecule has 3 rings (SSSR count). The highest BCUT2D eigenvalue weighted by Crippen LogP contribution is 2.48. The van der Waals surface area contributed by atoms with Gasteiger partial charge < -0.3 is 15.4 Å². The SMILES string of the molecule is COc1ccc(C2(C(=O)NCC3CCCCC(=O)N3)CC2)cc1. The first-order valence-electron chi connectivity index (χ1n) is 8.36. The topological polar surface area (TPSA) is 67.4 Å². The van der Waals surface area contributed by atoms with Gasteiger partial charge in [-0.25, -0.2) is 0 Å². The minimum Gasteiger partial charge on any atom is -0.497 e. The third-order valence-electron chi connectivity index (χ3n) is 4.91. The molecule has 1 unspecified atom stereocenters. The Morgan fingerprint density at radius 3 is 2.70 bits per heavy atom. The van der Waals surface area contributed by atoms with Gasteiger partial charge in [-0.1, -0.05) is 18.6 Å². The van der Waals surface area contributed by atoms with Gasteiger partial charge in [0, 0.05) is 19.0 Å². The van der Waals surface area contributed by atoms with E-state index in [-0.39, 0.29) is 23.3 Å². The first kappa shape index (κ1) is 15.8. The second-order valence-electron chi connectivity index (χ2n) is 6.53. The van der Waals surface area contributed by atoms with Crippen LogP contribution in [0, 0.1) is 0 Å². The molecule has 1 aliphatic heterocycles. The fourth-order valence-corrected chi connectivity index (χ4v) is 3.27. The van der Waals surface area contributed by atoms with Crippen LogP contribution in [0.1, 0.15) is 44.1 Å². The number of rotatable bonds is 5. The Bertz CT molecular complexity index is 578. The van der Waals surface area contributed by atoms with E-state index in [2.05, 4.69) is 10.6 Å². The maximum absolute atomic E-state index is 12.6. The number of nitrogens with one attached hydrogen (secondary N) is 2. The maximum atomic E-state index is 12.6. The van der Waals surface area contributed by atoms with Crippen molar-refractivity contribution in [3.05, 3.63) is 29.8 Å². The van der Waals surface area contributed by atoms with Crippen LogP contribution in [0.5, 0.6) is 5.75 Å². The van der Waals surface area contributed by atoms with Crippen LogP contribution in [0.25, 0.3) is 0 Å². The van der Waals surface area contributed by atoms with Gasteiger partial charge >= 0.3 is 0 Å². The van der Waals surface area contributed by atoms with Gasteiger partial charge in [-0.2, -0.15) is 0 Å². The lowest BCUT2D eigenvalue weighted by atomic mass is 9.94. The largest absolute Gasteiger partial charge is 0.497 e. The van der Waals surface area contributed by atoms with Crippen molar-refractivity contribution in [3.63, 3.8) is 0 Å². The molecule has 1 aromatic rings. The lowest BCUT2D eigenvalue weighted by molar-refractivity contribution is -0.124. The van der Waals surface area contributed by atoms with Crippen molar-refractivity contribution < 1.29 is 14.3 Å². The van der Waals surface area contributed by atoms with Gasteiger partial charge in [0.15, 0.2) is 0 Å². The molecule has 1 aliphatic carbocycles. The van der Waals surface area contributed by atoms with Gasteiger partial charge in [0.1, 0.15) is 5.75 Å². The van der Waals surface area contributed by atoms with E-state index in [4.69, 9.17) is 4.74 Å². The number of hydrogen-bond acceptors (Lipinski definition) is 3. The number of benzene rings is 1. The molecule has 1 atom stereocenters. The molecular formula is C18H24N2O3. The van der Waals surface area contributed by atoms with Crippen LogP contribution >= 0.6 is 0 Å². The number of carbonyl (C=O) groups is 2. The zero-order chi connectivity index (χ0) is 16.3. The molecule has 2 aliphatic rings. The predicted octanol–water partition coefficient (Wildman–Crippen LogP) is 1.90. The summed E-state index contributed by atoms with van der Waals surface area (Å²) < 4.78 is 5.17. The van der Waals surface area contributed by atoms with E-state index < -0.39 is 0 Å². The van der Waals surface area contributed by atoms with Gasteiger partial charge in [0.25, 0.3) is 0 Å². The van der Waals surface area contributed by atoms with Crippen molar-refractivity contribution in [2.45, 2.75) is 50.0 Å². The molecule has 0 spiro atoms. The van der Waals surface area contributed by atoms with Crippen LogP contribution in [0.15, 0.2) is 24.3 Å². The van der Waals surface area contributed by atoms with Crippen LogP contribution in [-0.2, 0) is 15.0 Å². The summed E-state index contributed by atoms with van der Waals surface area (Å²) in [6.07, 6.45) is 5.25. The Kier molecular flexibility index (Phi) is 4.55. The van der Waals surface area contributed by atoms with Gasteiger partial charge in [0.05, 0.1) is 12.5 Å². The summed E-state index contributed by atoms with van der Waals surface area (Å²) in [6.45, 7) is 0.516. The molecule has 2 fully saturated rings. The second-order valence-corrected chi connectivity index (χ2v) is 6.53. The summed E-state index contributed by atoms with van der Waals surface area (Å²) in [6, 6.07) is 7.79. The minimum absolute atomic E-state index is 0.0561. The molecule has 1 heterocycles. The molecule has 0 aromatic heterocycles. The van der Waals surface area contributed by atoms with E-state index in [0.717, 1.165) is 43.4 Å².